The Morgan fingerprint density at radius 2 is 2.21 bits per heavy atom. The van der Waals surface area contributed by atoms with E-state index in [2.05, 4.69) is 22.5 Å². The predicted octanol–water partition coefficient (Wildman–Crippen LogP) is 4.25. The Morgan fingerprint density at radius 3 is 2.79 bits per heavy atom. The van der Waals surface area contributed by atoms with Crippen molar-refractivity contribution >= 4 is 33.3 Å². The standard InChI is InChI=1S/C11H10BrClO/c1-7(2)5-11(14)9-6-8(12)3-4-10(9)13/h3-4,6H,1,5H2,2H3. The molecule has 0 aliphatic carbocycles. The van der Waals surface area contributed by atoms with Crippen LogP contribution in [0.4, 0.5) is 0 Å². The van der Waals surface area contributed by atoms with Gasteiger partial charge in [-0.2, -0.15) is 0 Å². The van der Waals surface area contributed by atoms with E-state index >= 15 is 0 Å². The second kappa shape index (κ2) is 4.76. The third kappa shape index (κ3) is 2.96. The third-order valence-corrected chi connectivity index (χ3v) is 2.51. The molecule has 0 amide bonds. The molecule has 0 aliphatic rings. The number of ketones is 1. The minimum Gasteiger partial charge on any atom is -0.294 e. The number of halogens is 2. The molecule has 3 heteroatoms. The van der Waals surface area contributed by atoms with Crippen molar-refractivity contribution < 1.29 is 4.79 Å². The molecule has 0 spiro atoms. The highest BCUT2D eigenvalue weighted by Gasteiger charge is 2.10. The number of hydrogen-bond acceptors (Lipinski definition) is 1. The number of allylic oxidation sites excluding steroid dienone is 1. The molecule has 1 nitrogen and oxygen atoms in total. The van der Waals surface area contributed by atoms with E-state index < -0.39 is 0 Å². The summed E-state index contributed by atoms with van der Waals surface area (Å²) in [6.45, 7) is 5.52. The summed E-state index contributed by atoms with van der Waals surface area (Å²) in [6.07, 6.45) is 0.343. The van der Waals surface area contributed by atoms with Crippen LogP contribution >= 0.6 is 27.5 Å². The second-order valence-electron chi connectivity index (χ2n) is 3.18. The van der Waals surface area contributed by atoms with E-state index in [1.54, 1.807) is 18.2 Å². The van der Waals surface area contributed by atoms with Gasteiger partial charge in [-0.05, 0) is 25.1 Å². The summed E-state index contributed by atoms with van der Waals surface area (Å²) in [5.41, 5.74) is 1.38. The van der Waals surface area contributed by atoms with Crippen molar-refractivity contribution in [1.82, 2.24) is 0 Å². The fourth-order valence-corrected chi connectivity index (χ4v) is 1.66. The topological polar surface area (TPSA) is 17.1 Å². The highest BCUT2D eigenvalue weighted by molar-refractivity contribution is 9.10. The molecule has 0 aromatic heterocycles. The molecular weight excluding hydrogens is 263 g/mol. The quantitative estimate of drug-likeness (QED) is 0.594. The van der Waals surface area contributed by atoms with Crippen molar-refractivity contribution in [3.05, 3.63) is 45.4 Å². The van der Waals surface area contributed by atoms with Crippen LogP contribution in [-0.2, 0) is 0 Å². The molecular formula is C11H10BrClO. The summed E-state index contributed by atoms with van der Waals surface area (Å²) in [5, 5.41) is 0.486. The molecule has 0 saturated carbocycles. The van der Waals surface area contributed by atoms with Gasteiger partial charge in [0, 0.05) is 16.5 Å². The molecule has 0 bridgehead atoms. The summed E-state index contributed by atoms with van der Waals surface area (Å²) >= 11 is 9.20. The van der Waals surface area contributed by atoms with Crippen molar-refractivity contribution in [2.75, 3.05) is 0 Å². The van der Waals surface area contributed by atoms with E-state index in [0.29, 0.717) is 17.0 Å². The number of benzene rings is 1. The largest absolute Gasteiger partial charge is 0.294 e. The van der Waals surface area contributed by atoms with E-state index in [4.69, 9.17) is 11.6 Å². The maximum atomic E-state index is 11.7. The van der Waals surface area contributed by atoms with Crippen LogP contribution in [0.2, 0.25) is 5.02 Å². The molecule has 0 N–H and O–H groups in total. The minimum atomic E-state index is 0.00352. The van der Waals surface area contributed by atoms with Gasteiger partial charge in [0.2, 0.25) is 0 Å². The van der Waals surface area contributed by atoms with Gasteiger partial charge in [-0.15, -0.1) is 0 Å². The summed E-state index contributed by atoms with van der Waals surface area (Å²) in [6, 6.07) is 5.24. The summed E-state index contributed by atoms with van der Waals surface area (Å²) in [5.74, 6) is 0.00352. The first-order valence-corrected chi connectivity index (χ1v) is 5.30. The molecule has 1 aromatic carbocycles. The fourth-order valence-electron chi connectivity index (χ4n) is 1.08. The molecule has 0 radical (unpaired) electrons. The molecule has 1 aromatic rings. The van der Waals surface area contributed by atoms with E-state index in [1.165, 1.54) is 0 Å². The van der Waals surface area contributed by atoms with Crippen LogP contribution in [0.5, 0.6) is 0 Å². The highest BCUT2D eigenvalue weighted by Crippen LogP contribution is 2.22. The van der Waals surface area contributed by atoms with Gasteiger partial charge < -0.3 is 0 Å². The van der Waals surface area contributed by atoms with Crippen molar-refractivity contribution in [1.29, 1.82) is 0 Å². The van der Waals surface area contributed by atoms with E-state index in [-0.39, 0.29) is 5.78 Å². The molecule has 14 heavy (non-hydrogen) atoms. The zero-order valence-electron chi connectivity index (χ0n) is 7.81. The van der Waals surface area contributed by atoms with Crippen LogP contribution < -0.4 is 0 Å². The van der Waals surface area contributed by atoms with Gasteiger partial charge >= 0.3 is 0 Å². The van der Waals surface area contributed by atoms with Gasteiger partial charge in [-0.25, -0.2) is 0 Å². The SMILES string of the molecule is C=C(C)CC(=O)c1cc(Br)ccc1Cl. The van der Waals surface area contributed by atoms with Crippen LogP contribution in [0, 0.1) is 0 Å². The van der Waals surface area contributed by atoms with Crippen molar-refractivity contribution in [2.45, 2.75) is 13.3 Å². The molecule has 0 aliphatic heterocycles. The van der Waals surface area contributed by atoms with E-state index in [9.17, 15) is 4.79 Å². The predicted molar refractivity (Wildman–Crippen MR) is 62.9 cm³/mol. The number of Topliss-reactive ketones (excluding diaryl/α,β-unsaturated/α-hetero) is 1. The average molecular weight is 274 g/mol. The van der Waals surface area contributed by atoms with Crippen LogP contribution in [0.15, 0.2) is 34.8 Å². The highest BCUT2D eigenvalue weighted by atomic mass is 79.9. The van der Waals surface area contributed by atoms with Gasteiger partial charge in [0.25, 0.3) is 0 Å². The second-order valence-corrected chi connectivity index (χ2v) is 4.50. The van der Waals surface area contributed by atoms with Gasteiger partial charge in [0.05, 0.1) is 5.02 Å². The molecule has 0 fully saturated rings. The third-order valence-electron chi connectivity index (χ3n) is 1.69. The lowest BCUT2D eigenvalue weighted by atomic mass is 10.1. The lowest BCUT2D eigenvalue weighted by molar-refractivity contribution is 0.0993. The number of hydrogen-bond donors (Lipinski definition) is 0. The number of carbonyl (C=O) groups excluding carboxylic acids is 1. The summed E-state index contributed by atoms with van der Waals surface area (Å²) in [7, 11) is 0. The van der Waals surface area contributed by atoms with Gasteiger partial charge in [0.1, 0.15) is 0 Å². The Hall–Kier alpha value is -0.600. The minimum absolute atomic E-state index is 0.00352. The summed E-state index contributed by atoms with van der Waals surface area (Å²) < 4.78 is 0.854. The normalized spacial score (nSPS) is 9.93. The number of rotatable bonds is 3. The number of carbonyl (C=O) groups is 1. The Morgan fingerprint density at radius 1 is 1.57 bits per heavy atom. The first kappa shape index (κ1) is 11.5. The van der Waals surface area contributed by atoms with Gasteiger partial charge in [-0.1, -0.05) is 39.7 Å². The molecule has 0 heterocycles. The molecule has 0 unspecified atom stereocenters. The molecule has 0 atom stereocenters. The van der Waals surface area contributed by atoms with Crippen LogP contribution in [0.3, 0.4) is 0 Å². The van der Waals surface area contributed by atoms with Crippen LogP contribution in [0.25, 0.3) is 0 Å². The lowest BCUT2D eigenvalue weighted by Crippen LogP contribution is -2.00. The molecule has 74 valence electrons. The molecule has 0 saturated heterocycles. The Kier molecular flexibility index (Phi) is 3.90. The first-order chi connectivity index (χ1) is 6.50. The fraction of sp³-hybridized carbons (Fsp3) is 0.182. The zero-order valence-corrected chi connectivity index (χ0v) is 10.2. The monoisotopic (exact) mass is 272 g/mol. The van der Waals surface area contributed by atoms with Crippen LogP contribution in [-0.4, -0.2) is 5.78 Å². The Balaban J connectivity index is 3.00. The van der Waals surface area contributed by atoms with Gasteiger partial charge in [0.15, 0.2) is 5.78 Å². The summed E-state index contributed by atoms with van der Waals surface area (Å²) in [4.78, 5) is 11.7. The zero-order chi connectivity index (χ0) is 10.7. The maximum absolute atomic E-state index is 11.7. The Labute approximate surface area is 96.9 Å². The maximum Gasteiger partial charge on any atom is 0.168 e. The first-order valence-electron chi connectivity index (χ1n) is 4.13. The van der Waals surface area contributed by atoms with E-state index in [1.807, 2.05) is 6.92 Å². The smallest absolute Gasteiger partial charge is 0.168 e. The van der Waals surface area contributed by atoms with Crippen LogP contribution in [0.1, 0.15) is 23.7 Å². The van der Waals surface area contributed by atoms with Crippen molar-refractivity contribution in [3.63, 3.8) is 0 Å². The van der Waals surface area contributed by atoms with Gasteiger partial charge in [-0.3, -0.25) is 4.79 Å². The lowest BCUT2D eigenvalue weighted by Gasteiger charge is -2.03. The Bertz CT molecular complexity index is 385. The average Bonchev–Trinajstić information content (AvgIpc) is 2.08. The van der Waals surface area contributed by atoms with E-state index in [0.717, 1.165) is 10.0 Å². The van der Waals surface area contributed by atoms with Crippen molar-refractivity contribution in [3.8, 4) is 0 Å². The molecule has 1 rings (SSSR count). The van der Waals surface area contributed by atoms with Crippen molar-refractivity contribution in [2.24, 2.45) is 0 Å².